The Kier molecular flexibility index (Phi) is 5.02. The highest BCUT2D eigenvalue weighted by molar-refractivity contribution is 7.14. The minimum atomic E-state index is -0.104. The van der Waals surface area contributed by atoms with Gasteiger partial charge in [-0.15, -0.1) is 22.7 Å². The maximum Gasteiger partial charge on any atom is 0.231 e. The summed E-state index contributed by atoms with van der Waals surface area (Å²) in [5.41, 5.74) is 2.46. The van der Waals surface area contributed by atoms with Crippen LogP contribution in [0.5, 0.6) is 0 Å². The molecule has 0 radical (unpaired) electrons. The predicted octanol–water partition coefficient (Wildman–Crippen LogP) is 4.01. The number of carbonyl (C=O) groups is 2. The number of thiazole rings is 1. The van der Waals surface area contributed by atoms with Crippen molar-refractivity contribution in [1.82, 2.24) is 4.98 Å². The number of nitrogens with one attached hydrogen (secondary N) is 2. The average Bonchev–Trinajstić information content (AvgIpc) is 3.19. The summed E-state index contributed by atoms with van der Waals surface area (Å²) >= 11 is 2.95. The SMILES string of the molecule is CC(=O)Nc1ccc(-c2csc(NC(=O)Cc3cccs3)n2)cc1. The van der Waals surface area contributed by atoms with Gasteiger partial charge in [0.1, 0.15) is 0 Å². The highest BCUT2D eigenvalue weighted by Gasteiger charge is 2.09. The monoisotopic (exact) mass is 357 g/mol. The molecule has 0 aliphatic heterocycles. The number of anilines is 2. The molecule has 0 spiro atoms. The first-order valence-corrected chi connectivity index (χ1v) is 9.02. The van der Waals surface area contributed by atoms with E-state index >= 15 is 0 Å². The van der Waals surface area contributed by atoms with Crippen molar-refractivity contribution in [3.63, 3.8) is 0 Å². The third kappa shape index (κ3) is 4.27. The van der Waals surface area contributed by atoms with Crippen LogP contribution in [-0.4, -0.2) is 16.8 Å². The van der Waals surface area contributed by atoms with Crippen LogP contribution >= 0.6 is 22.7 Å². The topological polar surface area (TPSA) is 71.1 Å². The van der Waals surface area contributed by atoms with Gasteiger partial charge in [0.05, 0.1) is 12.1 Å². The molecule has 2 amide bonds. The zero-order chi connectivity index (χ0) is 16.9. The van der Waals surface area contributed by atoms with Crippen molar-refractivity contribution < 1.29 is 9.59 Å². The molecule has 3 rings (SSSR count). The summed E-state index contributed by atoms with van der Waals surface area (Å²) in [5.74, 6) is -0.175. The lowest BCUT2D eigenvalue weighted by atomic mass is 10.1. The molecular weight excluding hydrogens is 342 g/mol. The van der Waals surface area contributed by atoms with Gasteiger partial charge in [0.25, 0.3) is 0 Å². The van der Waals surface area contributed by atoms with E-state index in [2.05, 4.69) is 15.6 Å². The van der Waals surface area contributed by atoms with E-state index in [-0.39, 0.29) is 11.8 Å². The molecule has 0 unspecified atom stereocenters. The van der Waals surface area contributed by atoms with Gasteiger partial charge in [-0.05, 0) is 23.6 Å². The predicted molar refractivity (Wildman–Crippen MR) is 98.5 cm³/mol. The molecule has 7 heteroatoms. The van der Waals surface area contributed by atoms with E-state index in [1.54, 1.807) is 11.3 Å². The molecular formula is C17H15N3O2S2. The molecule has 2 heterocycles. The lowest BCUT2D eigenvalue weighted by molar-refractivity contribution is -0.115. The fourth-order valence-electron chi connectivity index (χ4n) is 2.13. The molecule has 0 atom stereocenters. The second-order valence-corrected chi connectivity index (χ2v) is 6.99. The van der Waals surface area contributed by atoms with Gasteiger partial charge in [-0.1, -0.05) is 18.2 Å². The van der Waals surface area contributed by atoms with E-state index in [0.717, 1.165) is 21.8 Å². The number of rotatable bonds is 5. The van der Waals surface area contributed by atoms with Crippen LogP contribution in [0.25, 0.3) is 11.3 Å². The number of hydrogen-bond donors (Lipinski definition) is 2. The first-order valence-electron chi connectivity index (χ1n) is 7.26. The number of thiophene rings is 1. The fourth-order valence-corrected chi connectivity index (χ4v) is 3.57. The number of amides is 2. The van der Waals surface area contributed by atoms with Gasteiger partial charge in [-0.2, -0.15) is 0 Å². The van der Waals surface area contributed by atoms with Crippen LogP contribution in [0.3, 0.4) is 0 Å². The summed E-state index contributed by atoms with van der Waals surface area (Å²) in [4.78, 5) is 28.5. The third-order valence-electron chi connectivity index (χ3n) is 3.17. The molecule has 2 N–H and O–H groups in total. The van der Waals surface area contributed by atoms with E-state index in [4.69, 9.17) is 0 Å². The summed E-state index contributed by atoms with van der Waals surface area (Å²) < 4.78 is 0. The molecule has 5 nitrogen and oxygen atoms in total. The van der Waals surface area contributed by atoms with Crippen LogP contribution in [0.2, 0.25) is 0 Å². The van der Waals surface area contributed by atoms with E-state index in [9.17, 15) is 9.59 Å². The van der Waals surface area contributed by atoms with Crippen molar-refractivity contribution in [2.75, 3.05) is 10.6 Å². The molecule has 0 saturated heterocycles. The average molecular weight is 357 g/mol. The minimum absolute atomic E-state index is 0.0700. The van der Waals surface area contributed by atoms with Gasteiger partial charge in [0.15, 0.2) is 5.13 Å². The Morgan fingerprint density at radius 2 is 1.88 bits per heavy atom. The molecule has 0 bridgehead atoms. The van der Waals surface area contributed by atoms with Crippen LogP contribution in [-0.2, 0) is 16.0 Å². The van der Waals surface area contributed by atoms with Gasteiger partial charge < -0.3 is 10.6 Å². The fraction of sp³-hybridized carbons (Fsp3) is 0.118. The number of carbonyl (C=O) groups excluding carboxylic acids is 2. The van der Waals surface area contributed by atoms with Crippen molar-refractivity contribution in [3.8, 4) is 11.3 Å². The van der Waals surface area contributed by atoms with Crippen LogP contribution in [0.15, 0.2) is 47.2 Å². The largest absolute Gasteiger partial charge is 0.326 e. The van der Waals surface area contributed by atoms with Crippen LogP contribution < -0.4 is 10.6 Å². The second-order valence-electron chi connectivity index (χ2n) is 5.10. The Labute approximate surface area is 147 Å². The summed E-state index contributed by atoms with van der Waals surface area (Å²) in [5, 5.41) is 9.98. The molecule has 0 aliphatic carbocycles. The zero-order valence-electron chi connectivity index (χ0n) is 12.9. The first-order chi connectivity index (χ1) is 11.6. The molecule has 0 fully saturated rings. The minimum Gasteiger partial charge on any atom is -0.326 e. The van der Waals surface area contributed by atoms with Crippen molar-refractivity contribution in [3.05, 3.63) is 52.0 Å². The lowest BCUT2D eigenvalue weighted by Gasteiger charge is -2.03. The molecule has 0 saturated carbocycles. The van der Waals surface area contributed by atoms with E-state index in [0.29, 0.717) is 11.6 Å². The normalized spacial score (nSPS) is 10.4. The molecule has 24 heavy (non-hydrogen) atoms. The maximum atomic E-state index is 12.0. The summed E-state index contributed by atoms with van der Waals surface area (Å²) in [6, 6.07) is 11.3. The standard InChI is InChI=1S/C17H15N3O2S2/c1-11(21)18-13-6-4-12(5-7-13)15-10-24-17(19-15)20-16(22)9-14-3-2-8-23-14/h2-8,10H,9H2,1H3,(H,18,21)(H,19,20,22). The highest BCUT2D eigenvalue weighted by Crippen LogP contribution is 2.26. The van der Waals surface area contributed by atoms with E-state index < -0.39 is 0 Å². The number of hydrogen-bond acceptors (Lipinski definition) is 5. The molecule has 3 aromatic rings. The second kappa shape index (κ2) is 7.37. The summed E-state index contributed by atoms with van der Waals surface area (Å²) in [6.45, 7) is 1.47. The molecule has 1 aromatic carbocycles. The van der Waals surface area contributed by atoms with Crippen molar-refractivity contribution in [2.45, 2.75) is 13.3 Å². The van der Waals surface area contributed by atoms with Gasteiger partial charge in [-0.25, -0.2) is 4.98 Å². The third-order valence-corrected chi connectivity index (χ3v) is 4.80. The van der Waals surface area contributed by atoms with Gasteiger partial charge in [0, 0.05) is 28.4 Å². The number of nitrogens with zero attached hydrogens (tertiary/aromatic N) is 1. The van der Waals surface area contributed by atoms with Crippen molar-refractivity contribution in [2.24, 2.45) is 0 Å². The summed E-state index contributed by atoms with van der Waals surface area (Å²) in [7, 11) is 0. The van der Waals surface area contributed by atoms with Gasteiger partial charge >= 0.3 is 0 Å². The molecule has 122 valence electrons. The Hall–Kier alpha value is -2.51. The lowest BCUT2D eigenvalue weighted by Crippen LogP contribution is -2.13. The quantitative estimate of drug-likeness (QED) is 0.725. The maximum absolute atomic E-state index is 12.0. The van der Waals surface area contributed by atoms with Gasteiger partial charge in [-0.3, -0.25) is 9.59 Å². The molecule has 0 aliphatic rings. The Morgan fingerprint density at radius 1 is 1.08 bits per heavy atom. The van der Waals surface area contributed by atoms with E-state index in [1.807, 2.05) is 47.2 Å². The smallest absolute Gasteiger partial charge is 0.231 e. The Balaban J connectivity index is 1.64. The van der Waals surface area contributed by atoms with E-state index in [1.165, 1.54) is 18.3 Å². The van der Waals surface area contributed by atoms with Crippen LogP contribution in [0.1, 0.15) is 11.8 Å². The van der Waals surface area contributed by atoms with Gasteiger partial charge in [0.2, 0.25) is 11.8 Å². The Morgan fingerprint density at radius 3 is 2.54 bits per heavy atom. The van der Waals surface area contributed by atoms with Crippen LogP contribution in [0.4, 0.5) is 10.8 Å². The summed E-state index contributed by atoms with van der Waals surface area (Å²) in [6.07, 6.45) is 0.359. The highest BCUT2D eigenvalue weighted by atomic mass is 32.1. The van der Waals surface area contributed by atoms with Crippen molar-refractivity contribution in [1.29, 1.82) is 0 Å². The number of aromatic nitrogens is 1. The number of benzene rings is 1. The van der Waals surface area contributed by atoms with Crippen molar-refractivity contribution >= 4 is 45.3 Å². The first kappa shape index (κ1) is 16.4. The Bertz CT molecular complexity index is 839. The van der Waals surface area contributed by atoms with Crippen LogP contribution in [0, 0.1) is 0 Å². The molecule has 2 aromatic heterocycles. The zero-order valence-corrected chi connectivity index (χ0v) is 14.5.